The highest BCUT2D eigenvalue weighted by molar-refractivity contribution is 6.03. The van der Waals surface area contributed by atoms with Gasteiger partial charge in [-0.25, -0.2) is 9.37 Å². The summed E-state index contributed by atoms with van der Waals surface area (Å²) < 4.78 is 13.2. The molecule has 1 amide bonds. The lowest BCUT2D eigenvalue weighted by Gasteiger charge is -2.32. The first-order valence-electron chi connectivity index (χ1n) is 9.79. The number of carbonyl (C=O) groups is 1. The fraction of sp³-hybridized carbons (Fsp3) is 0.364. The van der Waals surface area contributed by atoms with Gasteiger partial charge >= 0.3 is 0 Å². The summed E-state index contributed by atoms with van der Waals surface area (Å²) in [5, 5.41) is 13.8. The van der Waals surface area contributed by atoms with Crippen LogP contribution in [0.3, 0.4) is 0 Å². The maximum Gasteiger partial charge on any atom is 0.253 e. The van der Waals surface area contributed by atoms with Crippen LogP contribution in [0, 0.1) is 5.82 Å². The molecule has 1 aliphatic carbocycles. The minimum absolute atomic E-state index is 0.00762. The van der Waals surface area contributed by atoms with E-state index in [4.69, 9.17) is 0 Å². The number of carbonyl (C=O) groups excluding carboxylic acids is 1. The van der Waals surface area contributed by atoms with Crippen molar-refractivity contribution >= 4 is 17.5 Å². The molecule has 4 rings (SSSR count). The van der Waals surface area contributed by atoms with Gasteiger partial charge in [0, 0.05) is 18.8 Å². The number of halogens is 1. The van der Waals surface area contributed by atoms with Crippen LogP contribution in [-0.4, -0.2) is 28.6 Å². The van der Waals surface area contributed by atoms with Crippen molar-refractivity contribution in [3.05, 3.63) is 65.1 Å². The quantitative estimate of drug-likeness (QED) is 0.841. The number of nitrogens with zero attached hydrogens (tertiary/aromatic N) is 2. The number of anilines is 1. The molecule has 1 aromatic heterocycles. The Labute approximate surface area is 163 Å². The molecule has 2 aromatic rings. The number of aliphatic hydroxyl groups excluding tert-OH is 1. The van der Waals surface area contributed by atoms with Gasteiger partial charge in [0.05, 0.1) is 17.7 Å². The van der Waals surface area contributed by atoms with Crippen LogP contribution in [0.1, 0.15) is 43.2 Å². The van der Waals surface area contributed by atoms with Gasteiger partial charge in [0.1, 0.15) is 17.4 Å². The van der Waals surface area contributed by atoms with Crippen molar-refractivity contribution in [2.24, 2.45) is 0 Å². The van der Waals surface area contributed by atoms with Crippen molar-refractivity contribution < 1.29 is 14.3 Å². The zero-order valence-electron chi connectivity index (χ0n) is 15.7. The molecule has 2 heterocycles. The average molecular weight is 381 g/mol. The third-order valence-corrected chi connectivity index (χ3v) is 5.48. The molecule has 5 nitrogen and oxygen atoms in total. The average Bonchev–Trinajstić information content (AvgIpc) is 2.72. The van der Waals surface area contributed by atoms with E-state index < -0.39 is 0 Å². The van der Waals surface area contributed by atoms with Gasteiger partial charge in [-0.2, -0.15) is 0 Å². The van der Waals surface area contributed by atoms with Gasteiger partial charge in [0.25, 0.3) is 5.91 Å². The zero-order chi connectivity index (χ0) is 19.5. The molecule has 0 bridgehead atoms. The van der Waals surface area contributed by atoms with E-state index in [2.05, 4.69) is 10.3 Å². The number of aliphatic hydroxyl groups is 1. The predicted molar refractivity (Wildman–Crippen MR) is 106 cm³/mol. The number of hydrogen-bond acceptors (Lipinski definition) is 4. The van der Waals surface area contributed by atoms with Crippen LogP contribution in [0.4, 0.5) is 10.2 Å². The molecule has 1 saturated carbocycles. The van der Waals surface area contributed by atoms with Gasteiger partial charge in [-0.3, -0.25) is 4.79 Å². The van der Waals surface area contributed by atoms with Crippen molar-refractivity contribution in [3.63, 3.8) is 0 Å². The van der Waals surface area contributed by atoms with E-state index >= 15 is 0 Å². The fourth-order valence-electron chi connectivity index (χ4n) is 3.98. The summed E-state index contributed by atoms with van der Waals surface area (Å²) in [4.78, 5) is 19.2. The Morgan fingerprint density at radius 2 is 1.93 bits per heavy atom. The molecule has 1 aliphatic heterocycles. The molecule has 1 aromatic carbocycles. The SMILES string of the molecule is O=C(NC1CCCCC1)C1=C(O)c2cccnc2N(Cc2ccc(F)cc2)C1. The summed E-state index contributed by atoms with van der Waals surface area (Å²) in [7, 11) is 0. The molecule has 6 heteroatoms. The van der Waals surface area contributed by atoms with E-state index in [9.17, 15) is 14.3 Å². The Hall–Kier alpha value is -2.89. The second kappa shape index (κ2) is 8.00. The summed E-state index contributed by atoms with van der Waals surface area (Å²) >= 11 is 0. The number of benzene rings is 1. The highest BCUT2D eigenvalue weighted by Gasteiger charge is 2.30. The molecule has 0 unspecified atom stereocenters. The van der Waals surface area contributed by atoms with Crippen LogP contribution in [0.5, 0.6) is 0 Å². The largest absolute Gasteiger partial charge is 0.507 e. The number of pyridine rings is 1. The summed E-state index contributed by atoms with van der Waals surface area (Å²) in [5.74, 6) is 0.110. The van der Waals surface area contributed by atoms with E-state index in [1.807, 2.05) is 4.90 Å². The predicted octanol–water partition coefficient (Wildman–Crippen LogP) is 3.96. The van der Waals surface area contributed by atoms with E-state index in [0.29, 0.717) is 23.5 Å². The lowest BCUT2D eigenvalue weighted by Crippen LogP contribution is -2.41. The van der Waals surface area contributed by atoms with E-state index in [1.165, 1.54) is 18.6 Å². The van der Waals surface area contributed by atoms with Crippen LogP contribution >= 0.6 is 0 Å². The van der Waals surface area contributed by atoms with E-state index in [-0.39, 0.29) is 30.1 Å². The molecule has 0 saturated heterocycles. The summed E-state index contributed by atoms with van der Waals surface area (Å²) in [6.07, 6.45) is 7.09. The van der Waals surface area contributed by atoms with Gasteiger partial charge in [-0.1, -0.05) is 31.4 Å². The summed E-state index contributed by atoms with van der Waals surface area (Å²) in [5.41, 5.74) is 1.81. The highest BCUT2D eigenvalue weighted by atomic mass is 19.1. The molecule has 0 spiro atoms. The number of fused-ring (bicyclic) bond motifs is 1. The number of nitrogens with one attached hydrogen (secondary N) is 1. The Morgan fingerprint density at radius 3 is 2.68 bits per heavy atom. The minimum Gasteiger partial charge on any atom is -0.507 e. The molecule has 28 heavy (non-hydrogen) atoms. The lowest BCUT2D eigenvalue weighted by molar-refractivity contribution is -0.118. The van der Waals surface area contributed by atoms with Gasteiger partial charge in [0.15, 0.2) is 0 Å². The normalized spacial score (nSPS) is 17.4. The van der Waals surface area contributed by atoms with Crippen LogP contribution in [0.25, 0.3) is 5.76 Å². The van der Waals surface area contributed by atoms with Gasteiger partial charge < -0.3 is 15.3 Å². The first-order valence-corrected chi connectivity index (χ1v) is 9.79. The molecular formula is C22H24FN3O2. The zero-order valence-corrected chi connectivity index (χ0v) is 15.7. The molecule has 0 radical (unpaired) electrons. The second-order valence-electron chi connectivity index (χ2n) is 7.49. The van der Waals surface area contributed by atoms with Gasteiger partial charge in [0.2, 0.25) is 0 Å². The van der Waals surface area contributed by atoms with Crippen molar-refractivity contribution in [1.82, 2.24) is 10.3 Å². The van der Waals surface area contributed by atoms with Gasteiger partial charge in [-0.05, 0) is 42.7 Å². The topological polar surface area (TPSA) is 65.5 Å². The summed E-state index contributed by atoms with van der Waals surface area (Å²) in [6.45, 7) is 0.726. The molecular weight excluding hydrogens is 357 g/mol. The molecule has 0 atom stereocenters. The molecule has 1 fully saturated rings. The fourth-order valence-corrected chi connectivity index (χ4v) is 3.98. The van der Waals surface area contributed by atoms with Crippen molar-refractivity contribution in [1.29, 1.82) is 0 Å². The van der Waals surface area contributed by atoms with E-state index in [0.717, 1.165) is 31.2 Å². The third kappa shape index (κ3) is 3.86. The lowest BCUT2D eigenvalue weighted by atomic mass is 9.94. The van der Waals surface area contributed by atoms with Crippen molar-refractivity contribution in [2.45, 2.75) is 44.7 Å². The maximum absolute atomic E-state index is 13.2. The first kappa shape index (κ1) is 18.5. The first-order chi connectivity index (χ1) is 13.6. The highest BCUT2D eigenvalue weighted by Crippen LogP contribution is 2.33. The third-order valence-electron chi connectivity index (χ3n) is 5.48. The maximum atomic E-state index is 13.2. The number of aromatic nitrogens is 1. The van der Waals surface area contributed by atoms with Crippen LogP contribution < -0.4 is 10.2 Å². The summed E-state index contributed by atoms with van der Waals surface area (Å²) in [6, 6.07) is 9.96. The van der Waals surface area contributed by atoms with Crippen molar-refractivity contribution in [3.8, 4) is 0 Å². The van der Waals surface area contributed by atoms with Crippen molar-refractivity contribution in [2.75, 3.05) is 11.4 Å². The minimum atomic E-state index is -0.286. The number of amides is 1. The Balaban J connectivity index is 1.59. The Kier molecular flexibility index (Phi) is 5.28. The molecule has 2 aliphatic rings. The van der Waals surface area contributed by atoms with Gasteiger partial charge in [-0.15, -0.1) is 0 Å². The molecule has 2 N–H and O–H groups in total. The van der Waals surface area contributed by atoms with Crippen LogP contribution in [-0.2, 0) is 11.3 Å². The number of hydrogen-bond donors (Lipinski definition) is 2. The smallest absolute Gasteiger partial charge is 0.253 e. The van der Waals surface area contributed by atoms with E-state index in [1.54, 1.807) is 30.5 Å². The molecule has 146 valence electrons. The van der Waals surface area contributed by atoms with Crippen LogP contribution in [0.15, 0.2) is 48.2 Å². The van der Waals surface area contributed by atoms with Crippen LogP contribution in [0.2, 0.25) is 0 Å². The number of rotatable bonds is 4. The Morgan fingerprint density at radius 1 is 1.18 bits per heavy atom. The second-order valence-corrected chi connectivity index (χ2v) is 7.49. The standard InChI is InChI=1S/C22H24FN3O2/c23-16-10-8-15(9-11-16)13-26-14-19(20(27)18-7-4-12-24-21(18)26)22(28)25-17-5-2-1-3-6-17/h4,7-12,17,27H,1-3,5-6,13-14H2,(H,25,28). The monoisotopic (exact) mass is 381 g/mol. The Bertz CT molecular complexity index is 889.